The first-order chi connectivity index (χ1) is 25.6. The molecule has 10 nitrogen and oxygen atoms in total. The van der Waals surface area contributed by atoms with Crippen molar-refractivity contribution in [3.63, 3.8) is 0 Å². The number of benzene rings is 2. The molecule has 1 heterocycles. The number of unbranched alkanes of at least 4 members (excludes halogenated alkanes) is 2. The Bertz CT molecular complexity index is 1600. The molecule has 53 heavy (non-hydrogen) atoms. The molecule has 288 valence electrons. The maximum atomic E-state index is 14.0. The summed E-state index contributed by atoms with van der Waals surface area (Å²) in [7, 11) is 1.73. The number of nitrogens with zero attached hydrogens (tertiary/aromatic N) is 2. The third-order valence-electron chi connectivity index (χ3n) is 10.4. The van der Waals surface area contributed by atoms with E-state index in [1.807, 2.05) is 63.2 Å². The van der Waals surface area contributed by atoms with E-state index in [4.69, 9.17) is 28.9 Å². The number of carbonyl (C=O) groups excluding carboxylic acids is 1. The van der Waals surface area contributed by atoms with E-state index in [0.717, 1.165) is 48.1 Å². The van der Waals surface area contributed by atoms with Crippen molar-refractivity contribution < 1.29 is 38.8 Å². The number of amides is 1. The molecule has 0 radical (unpaired) electrons. The SMILES string of the molecule is C=CCOc1ccc2c(c1)C1C(CCCCO)C(CCCCO)C=C3C(=NOC(C)(C)C)CC(N(C)C(=O)OCc4ccccc4)C(OCC=C)(O2)C31. The molecule has 10 heteroatoms. The van der Waals surface area contributed by atoms with Crippen LogP contribution in [0.1, 0.15) is 82.8 Å². The van der Waals surface area contributed by atoms with Crippen LogP contribution >= 0.6 is 0 Å². The highest BCUT2D eigenvalue weighted by Gasteiger charge is 2.65. The van der Waals surface area contributed by atoms with Crippen molar-refractivity contribution in [2.75, 3.05) is 33.5 Å². The number of carbonyl (C=O) groups is 1. The van der Waals surface area contributed by atoms with Crippen LogP contribution < -0.4 is 9.47 Å². The van der Waals surface area contributed by atoms with Gasteiger partial charge in [0.05, 0.1) is 18.2 Å². The zero-order valence-corrected chi connectivity index (χ0v) is 31.9. The van der Waals surface area contributed by atoms with Gasteiger partial charge in [0.15, 0.2) is 0 Å². The van der Waals surface area contributed by atoms with Gasteiger partial charge in [-0.15, -0.1) is 6.58 Å². The second-order valence-electron chi connectivity index (χ2n) is 15.2. The van der Waals surface area contributed by atoms with Gasteiger partial charge in [-0.3, -0.25) is 0 Å². The average Bonchev–Trinajstić information content (AvgIpc) is 3.15. The van der Waals surface area contributed by atoms with Crippen LogP contribution in [0.5, 0.6) is 11.5 Å². The number of aliphatic hydroxyl groups excluding tert-OH is 2. The third-order valence-corrected chi connectivity index (χ3v) is 10.4. The highest BCUT2D eigenvalue weighted by atomic mass is 16.7. The van der Waals surface area contributed by atoms with Gasteiger partial charge in [-0.2, -0.15) is 0 Å². The van der Waals surface area contributed by atoms with Crippen LogP contribution in [-0.2, 0) is 20.9 Å². The van der Waals surface area contributed by atoms with Crippen molar-refractivity contribution >= 4 is 11.8 Å². The Morgan fingerprint density at radius 3 is 2.42 bits per heavy atom. The van der Waals surface area contributed by atoms with Crippen LogP contribution in [0.4, 0.5) is 4.79 Å². The van der Waals surface area contributed by atoms with Gasteiger partial charge in [0.2, 0.25) is 5.79 Å². The smallest absolute Gasteiger partial charge is 0.410 e. The molecule has 5 rings (SSSR count). The number of allylic oxidation sites excluding steroid dienone is 1. The third kappa shape index (κ3) is 9.34. The highest BCUT2D eigenvalue weighted by Crippen LogP contribution is 2.61. The molecule has 2 aromatic rings. The first-order valence-electron chi connectivity index (χ1n) is 19.0. The summed E-state index contributed by atoms with van der Waals surface area (Å²) < 4.78 is 26.0. The standard InChI is InChI=1S/C43H58N2O8/c1-7-24-49-32-20-21-37-35(27-32)39-33(19-13-15-23-47)31(18-12-14-22-46)26-34-36(44-53-42(3,4)5)28-38(43(52-37,40(34)39)51-25-8-2)45(6)41(48)50-29-30-16-10-9-11-17-30/h7-11,16-17,20-21,26-27,31,33,38-40,46-47H,1-2,12-15,18-19,22-25,28-29H2,3-6H3. The number of oxime groups is 1. The van der Waals surface area contributed by atoms with Crippen LogP contribution in [0.2, 0.25) is 0 Å². The van der Waals surface area contributed by atoms with Gasteiger partial charge >= 0.3 is 6.09 Å². The minimum absolute atomic E-state index is 0.108. The van der Waals surface area contributed by atoms with Crippen molar-refractivity contribution in [1.29, 1.82) is 0 Å². The van der Waals surface area contributed by atoms with Crippen molar-refractivity contribution in [1.82, 2.24) is 4.90 Å². The molecule has 0 spiro atoms. The summed E-state index contributed by atoms with van der Waals surface area (Å²) in [6, 6.07) is 14.8. The van der Waals surface area contributed by atoms with Gasteiger partial charge < -0.3 is 38.9 Å². The van der Waals surface area contributed by atoms with E-state index in [0.29, 0.717) is 30.9 Å². The molecular formula is C43H58N2O8. The Kier molecular flexibility index (Phi) is 13.8. The van der Waals surface area contributed by atoms with Gasteiger partial charge in [0, 0.05) is 38.2 Å². The lowest BCUT2D eigenvalue weighted by atomic mass is 9.55. The fourth-order valence-corrected chi connectivity index (χ4v) is 8.11. The summed E-state index contributed by atoms with van der Waals surface area (Å²) in [5.74, 6) is -0.320. The Hall–Kier alpha value is -4.12. The lowest BCUT2D eigenvalue weighted by Crippen LogP contribution is -2.69. The second kappa shape index (κ2) is 18.3. The van der Waals surface area contributed by atoms with Crippen molar-refractivity contribution in [2.45, 2.75) is 95.7 Å². The van der Waals surface area contributed by atoms with Crippen molar-refractivity contribution in [3.8, 4) is 11.5 Å². The second-order valence-corrected chi connectivity index (χ2v) is 15.2. The van der Waals surface area contributed by atoms with Crippen LogP contribution in [0, 0.1) is 17.8 Å². The molecule has 1 fully saturated rings. The Morgan fingerprint density at radius 1 is 1.02 bits per heavy atom. The zero-order valence-electron chi connectivity index (χ0n) is 31.9. The van der Waals surface area contributed by atoms with E-state index >= 15 is 0 Å². The normalized spacial score (nSPS) is 25.3. The van der Waals surface area contributed by atoms with E-state index in [1.165, 1.54) is 0 Å². The van der Waals surface area contributed by atoms with Gasteiger partial charge in [0.25, 0.3) is 0 Å². The summed E-state index contributed by atoms with van der Waals surface area (Å²) in [4.78, 5) is 21.8. The predicted octanol–water partition coefficient (Wildman–Crippen LogP) is 7.95. The van der Waals surface area contributed by atoms with Crippen molar-refractivity contribution in [2.24, 2.45) is 22.9 Å². The fraction of sp³-hybridized carbons (Fsp3) is 0.535. The Balaban J connectivity index is 1.71. The minimum atomic E-state index is -1.35. The van der Waals surface area contributed by atoms with Crippen LogP contribution in [0.15, 0.2) is 90.6 Å². The summed E-state index contributed by atoms with van der Waals surface area (Å²) in [6.07, 6.45) is 10.3. The first-order valence-corrected chi connectivity index (χ1v) is 19.0. The largest absolute Gasteiger partial charge is 0.490 e. The quantitative estimate of drug-likeness (QED) is 0.0902. The number of fused-ring (bicyclic) bond motifs is 2. The number of aliphatic hydroxyl groups is 2. The molecule has 0 saturated heterocycles. The molecule has 2 N–H and O–H groups in total. The molecule has 3 aliphatic rings. The predicted molar refractivity (Wildman–Crippen MR) is 206 cm³/mol. The van der Waals surface area contributed by atoms with Gasteiger partial charge in [0.1, 0.15) is 36.4 Å². The molecule has 2 aliphatic carbocycles. The van der Waals surface area contributed by atoms with Crippen molar-refractivity contribution in [3.05, 3.63) is 96.6 Å². The van der Waals surface area contributed by atoms with Crippen LogP contribution in [-0.4, -0.2) is 77.8 Å². The van der Waals surface area contributed by atoms with Crippen LogP contribution in [0.25, 0.3) is 0 Å². The van der Waals surface area contributed by atoms with Gasteiger partial charge in [-0.1, -0.05) is 73.1 Å². The molecule has 1 saturated carbocycles. The number of ether oxygens (including phenoxy) is 4. The van der Waals surface area contributed by atoms with E-state index in [9.17, 15) is 15.0 Å². The number of hydrogen-bond acceptors (Lipinski definition) is 9. The molecule has 1 aliphatic heterocycles. The van der Waals surface area contributed by atoms with Crippen LogP contribution in [0.3, 0.4) is 0 Å². The summed E-state index contributed by atoms with van der Waals surface area (Å²) in [5, 5.41) is 24.4. The minimum Gasteiger partial charge on any atom is -0.490 e. The van der Waals surface area contributed by atoms with E-state index < -0.39 is 29.4 Å². The molecule has 6 atom stereocenters. The number of hydrogen-bond donors (Lipinski definition) is 2. The topological polar surface area (TPSA) is 119 Å². The summed E-state index contributed by atoms with van der Waals surface area (Å²) >= 11 is 0. The summed E-state index contributed by atoms with van der Waals surface area (Å²) in [6.45, 7) is 14.6. The lowest BCUT2D eigenvalue weighted by molar-refractivity contribution is -0.253. The number of likely N-dealkylation sites (N-methyl/N-ethyl adjacent to an activating group) is 1. The molecular weight excluding hydrogens is 672 g/mol. The Morgan fingerprint density at radius 2 is 1.74 bits per heavy atom. The summed E-state index contributed by atoms with van der Waals surface area (Å²) in [5.41, 5.74) is 3.01. The molecule has 1 amide bonds. The molecule has 2 aromatic carbocycles. The molecule has 0 aromatic heterocycles. The van der Waals surface area contributed by atoms with E-state index in [1.54, 1.807) is 24.1 Å². The molecule has 6 unspecified atom stereocenters. The maximum absolute atomic E-state index is 14.0. The fourth-order valence-electron chi connectivity index (χ4n) is 8.11. The Labute approximate surface area is 315 Å². The first kappa shape index (κ1) is 40.1. The lowest BCUT2D eigenvalue weighted by Gasteiger charge is -2.59. The zero-order chi connectivity index (χ0) is 38.0. The van der Waals surface area contributed by atoms with E-state index in [-0.39, 0.29) is 50.6 Å². The van der Waals surface area contributed by atoms with E-state index in [2.05, 4.69) is 25.3 Å². The molecule has 0 bridgehead atoms. The van der Waals surface area contributed by atoms with Gasteiger partial charge in [-0.05, 0) is 87.6 Å². The maximum Gasteiger partial charge on any atom is 0.410 e. The average molecular weight is 731 g/mol. The highest BCUT2D eigenvalue weighted by molar-refractivity contribution is 6.03. The number of rotatable bonds is 18. The van der Waals surface area contributed by atoms with Gasteiger partial charge in [-0.25, -0.2) is 4.79 Å². The monoisotopic (exact) mass is 730 g/mol.